The zero-order valence-electron chi connectivity index (χ0n) is 10.5. The van der Waals surface area contributed by atoms with Crippen LogP contribution in [-0.4, -0.2) is 29.3 Å². The summed E-state index contributed by atoms with van der Waals surface area (Å²) >= 11 is 5.90. The first-order valence-electron chi connectivity index (χ1n) is 6.61. The summed E-state index contributed by atoms with van der Waals surface area (Å²) in [5.74, 6) is 1.17. The quantitative estimate of drug-likeness (QED) is 0.657. The van der Waals surface area contributed by atoms with Crippen LogP contribution >= 0.6 is 11.6 Å². The topological polar surface area (TPSA) is 20.3 Å². The van der Waals surface area contributed by atoms with E-state index >= 15 is 0 Å². The molecule has 1 saturated heterocycles. The number of amides is 1. The van der Waals surface area contributed by atoms with Gasteiger partial charge >= 0.3 is 0 Å². The Morgan fingerprint density at radius 2 is 2.25 bits per heavy atom. The summed E-state index contributed by atoms with van der Waals surface area (Å²) in [5.41, 5.74) is 0. The van der Waals surface area contributed by atoms with Crippen molar-refractivity contribution < 1.29 is 4.79 Å². The highest BCUT2D eigenvalue weighted by molar-refractivity contribution is 6.18. The van der Waals surface area contributed by atoms with Gasteiger partial charge in [-0.25, -0.2) is 0 Å². The zero-order valence-corrected chi connectivity index (χ0v) is 11.3. The molecule has 0 aromatic heterocycles. The third kappa shape index (κ3) is 3.38. The fourth-order valence-electron chi connectivity index (χ4n) is 2.47. The first-order chi connectivity index (χ1) is 7.74. The van der Waals surface area contributed by atoms with Crippen LogP contribution in [0.2, 0.25) is 0 Å². The van der Waals surface area contributed by atoms with Gasteiger partial charge in [-0.1, -0.05) is 26.7 Å². The van der Waals surface area contributed by atoms with E-state index in [1.807, 2.05) is 4.90 Å². The van der Waals surface area contributed by atoms with Crippen LogP contribution in [0.15, 0.2) is 0 Å². The van der Waals surface area contributed by atoms with Crippen molar-refractivity contribution in [2.75, 3.05) is 12.4 Å². The van der Waals surface area contributed by atoms with Gasteiger partial charge in [-0.3, -0.25) is 4.79 Å². The van der Waals surface area contributed by atoms with Crippen molar-refractivity contribution in [3.8, 4) is 0 Å². The first kappa shape index (κ1) is 13.8. The highest BCUT2D eigenvalue weighted by Crippen LogP contribution is 2.24. The van der Waals surface area contributed by atoms with E-state index in [1.165, 1.54) is 6.42 Å². The van der Waals surface area contributed by atoms with Gasteiger partial charge in [0.05, 0.1) is 0 Å². The van der Waals surface area contributed by atoms with E-state index in [0.29, 0.717) is 17.8 Å². The van der Waals surface area contributed by atoms with Crippen molar-refractivity contribution in [2.24, 2.45) is 5.92 Å². The predicted octanol–water partition coefficient (Wildman–Crippen LogP) is 3.43. The predicted molar refractivity (Wildman–Crippen MR) is 68.8 cm³/mol. The monoisotopic (exact) mass is 245 g/mol. The van der Waals surface area contributed by atoms with Gasteiger partial charge in [-0.2, -0.15) is 0 Å². The summed E-state index contributed by atoms with van der Waals surface area (Å²) in [6, 6.07) is 0.296. The molecule has 3 heteroatoms. The third-order valence-electron chi connectivity index (χ3n) is 3.59. The molecule has 2 nitrogen and oxygen atoms in total. The fourth-order valence-corrected chi connectivity index (χ4v) is 2.79. The highest BCUT2D eigenvalue weighted by Gasteiger charge is 2.31. The lowest BCUT2D eigenvalue weighted by molar-refractivity contribution is -0.136. The van der Waals surface area contributed by atoms with Crippen LogP contribution in [0.4, 0.5) is 0 Å². The number of hydrogen-bond acceptors (Lipinski definition) is 1. The van der Waals surface area contributed by atoms with Crippen molar-refractivity contribution in [2.45, 2.75) is 58.4 Å². The van der Waals surface area contributed by atoms with Crippen LogP contribution in [-0.2, 0) is 4.79 Å². The first-order valence-corrected chi connectivity index (χ1v) is 7.14. The zero-order chi connectivity index (χ0) is 12.0. The normalized spacial score (nSPS) is 22.4. The van der Waals surface area contributed by atoms with E-state index in [-0.39, 0.29) is 5.92 Å². The number of likely N-dealkylation sites (tertiary alicyclic amines) is 1. The minimum absolute atomic E-state index is 0.226. The van der Waals surface area contributed by atoms with Crippen molar-refractivity contribution in [1.82, 2.24) is 4.90 Å². The largest absolute Gasteiger partial charge is 0.338 e. The molecule has 0 N–H and O–H groups in total. The molecule has 2 atom stereocenters. The average Bonchev–Trinajstić information content (AvgIpc) is 2.77. The van der Waals surface area contributed by atoms with Crippen molar-refractivity contribution in [3.63, 3.8) is 0 Å². The number of alkyl halides is 1. The molecule has 1 rings (SSSR count). The van der Waals surface area contributed by atoms with Crippen LogP contribution in [0, 0.1) is 5.92 Å². The molecule has 1 aliphatic rings. The van der Waals surface area contributed by atoms with Gasteiger partial charge in [0.2, 0.25) is 5.91 Å². The van der Waals surface area contributed by atoms with Crippen molar-refractivity contribution in [3.05, 3.63) is 0 Å². The van der Waals surface area contributed by atoms with Gasteiger partial charge in [-0.15, -0.1) is 11.6 Å². The van der Waals surface area contributed by atoms with E-state index in [0.717, 1.165) is 38.6 Å². The van der Waals surface area contributed by atoms with E-state index in [1.54, 1.807) is 0 Å². The van der Waals surface area contributed by atoms with Crippen LogP contribution in [0.5, 0.6) is 0 Å². The molecule has 0 saturated carbocycles. The van der Waals surface area contributed by atoms with Gasteiger partial charge in [0, 0.05) is 24.4 Å². The average molecular weight is 246 g/mol. The molecule has 0 radical (unpaired) electrons. The molecule has 16 heavy (non-hydrogen) atoms. The Labute approximate surface area is 104 Å². The summed E-state index contributed by atoms with van der Waals surface area (Å²) in [6.07, 6.45) is 6.53. The second kappa shape index (κ2) is 7.16. The summed E-state index contributed by atoms with van der Waals surface area (Å²) in [7, 11) is 0. The van der Waals surface area contributed by atoms with Crippen LogP contribution < -0.4 is 0 Å². The molecular formula is C13H24ClNO. The number of halogens is 1. The molecule has 1 fully saturated rings. The maximum Gasteiger partial charge on any atom is 0.225 e. The van der Waals surface area contributed by atoms with E-state index in [9.17, 15) is 4.79 Å². The summed E-state index contributed by atoms with van der Waals surface area (Å²) in [6.45, 7) is 5.21. The Morgan fingerprint density at radius 1 is 1.50 bits per heavy atom. The molecular weight excluding hydrogens is 222 g/mol. The Hall–Kier alpha value is -0.240. The van der Waals surface area contributed by atoms with Gasteiger partial charge < -0.3 is 4.90 Å². The standard InChI is InChI=1S/C13H24ClNO/c1-3-5-7-11(4-2)13(16)15-9-6-8-12(15)10-14/h11-12H,3-10H2,1-2H3. The van der Waals surface area contributed by atoms with Gasteiger partial charge in [0.25, 0.3) is 0 Å². The minimum Gasteiger partial charge on any atom is -0.338 e. The summed E-state index contributed by atoms with van der Waals surface area (Å²) in [4.78, 5) is 14.3. The molecule has 0 aromatic carbocycles. The second-order valence-corrected chi connectivity index (χ2v) is 5.04. The van der Waals surface area contributed by atoms with Crippen LogP contribution in [0.25, 0.3) is 0 Å². The number of hydrogen-bond donors (Lipinski definition) is 0. The molecule has 2 unspecified atom stereocenters. The van der Waals surface area contributed by atoms with Crippen LogP contribution in [0.1, 0.15) is 52.4 Å². The number of nitrogens with zero attached hydrogens (tertiary/aromatic N) is 1. The molecule has 94 valence electrons. The molecule has 0 aromatic rings. The number of carbonyl (C=O) groups is 1. The number of carbonyl (C=O) groups excluding carboxylic acids is 1. The SMILES string of the molecule is CCCCC(CC)C(=O)N1CCCC1CCl. The van der Waals surface area contributed by atoms with E-state index in [2.05, 4.69) is 13.8 Å². The van der Waals surface area contributed by atoms with Crippen molar-refractivity contribution in [1.29, 1.82) is 0 Å². The highest BCUT2D eigenvalue weighted by atomic mass is 35.5. The molecule has 1 amide bonds. The third-order valence-corrected chi connectivity index (χ3v) is 3.94. The maximum atomic E-state index is 12.3. The Balaban J connectivity index is 2.52. The lowest BCUT2D eigenvalue weighted by Gasteiger charge is -2.27. The Morgan fingerprint density at radius 3 is 2.81 bits per heavy atom. The van der Waals surface area contributed by atoms with Gasteiger partial charge in [0.1, 0.15) is 0 Å². The lowest BCUT2D eigenvalue weighted by Crippen LogP contribution is -2.40. The van der Waals surface area contributed by atoms with Gasteiger partial charge in [-0.05, 0) is 25.7 Å². The molecule has 1 aliphatic heterocycles. The molecule has 0 spiro atoms. The smallest absolute Gasteiger partial charge is 0.225 e. The van der Waals surface area contributed by atoms with Crippen LogP contribution in [0.3, 0.4) is 0 Å². The fraction of sp³-hybridized carbons (Fsp3) is 0.923. The van der Waals surface area contributed by atoms with Gasteiger partial charge in [0.15, 0.2) is 0 Å². The maximum absolute atomic E-state index is 12.3. The Kier molecular flexibility index (Phi) is 6.18. The minimum atomic E-state index is 0.226. The summed E-state index contributed by atoms with van der Waals surface area (Å²) in [5, 5.41) is 0. The molecule has 1 heterocycles. The Bertz CT molecular complexity index is 220. The number of unbranched alkanes of at least 4 members (excludes halogenated alkanes) is 1. The molecule has 0 bridgehead atoms. The van der Waals surface area contributed by atoms with Crippen molar-refractivity contribution >= 4 is 17.5 Å². The lowest BCUT2D eigenvalue weighted by atomic mass is 9.97. The summed E-state index contributed by atoms with van der Waals surface area (Å²) < 4.78 is 0. The molecule has 0 aliphatic carbocycles. The van der Waals surface area contributed by atoms with E-state index < -0.39 is 0 Å². The number of rotatable bonds is 6. The van der Waals surface area contributed by atoms with E-state index in [4.69, 9.17) is 11.6 Å². The second-order valence-electron chi connectivity index (χ2n) is 4.73.